The summed E-state index contributed by atoms with van der Waals surface area (Å²) in [6, 6.07) is 17.2. The maximum atomic E-state index is 14.4. The van der Waals surface area contributed by atoms with E-state index < -0.39 is 54.3 Å². The Bertz CT molecular complexity index is 3210. The van der Waals surface area contributed by atoms with Gasteiger partial charge in [-0.2, -0.15) is 0 Å². The predicted octanol–water partition coefficient (Wildman–Crippen LogP) is 8.87. The van der Waals surface area contributed by atoms with E-state index in [-0.39, 0.29) is 121 Å². The van der Waals surface area contributed by atoms with Crippen LogP contribution in [0.2, 0.25) is 0 Å². The lowest BCUT2D eigenvalue weighted by atomic mass is 9.91. The first-order chi connectivity index (χ1) is 39.8. The van der Waals surface area contributed by atoms with Crippen LogP contribution in [-0.4, -0.2) is 128 Å². The number of aliphatic hydroxyl groups excluding tert-OH is 1. The topological polar surface area (TPSA) is 220 Å². The van der Waals surface area contributed by atoms with E-state index in [1.165, 1.54) is 42.4 Å². The van der Waals surface area contributed by atoms with Crippen molar-refractivity contribution in [2.24, 2.45) is 17.3 Å². The third kappa shape index (κ3) is 13.1. The summed E-state index contributed by atoms with van der Waals surface area (Å²) in [5.41, 5.74) is 4.06. The van der Waals surface area contributed by atoms with Gasteiger partial charge in [-0.15, -0.1) is 0 Å². The maximum Gasteiger partial charge on any atom is 0.416 e. The van der Waals surface area contributed by atoms with Gasteiger partial charge >= 0.3 is 18.2 Å². The highest BCUT2D eigenvalue weighted by atomic mass is 19.1. The zero-order valence-electron chi connectivity index (χ0n) is 47.4. The minimum Gasteiger partial charge on any atom is -0.493 e. The van der Waals surface area contributed by atoms with Gasteiger partial charge in [0.25, 0.3) is 11.8 Å². The molecule has 0 bridgehead atoms. The van der Waals surface area contributed by atoms with Gasteiger partial charge in [-0.25, -0.2) is 18.9 Å². The van der Waals surface area contributed by atoms with Crippen molar-refractivity contribution in [1.82, 2.24) is 15.1 Å². The summed E-state index contributed by atoms with van der Waals surface area (Å²) in [6.45, 7) is 14.7. The van der Waals surface area contributed by atoms with Crippen LogP contribution < -0.4 is 29.3 Å². The molecular formula is C63H70FN5O14. The van der Waals surface area contributed by atoms with E-state index in [9.17, 15) is 43.1 Å². The number of amides is 5. The van der Waals surface area contributed by atoms with Gasteiger partial charge in [-0.3, -0.25) is 28.9 Å². The number of hydrogen-bond acceptors (Lipinski definition) is 14. The van der Waals surface area contributed by atoms with Gasteiger partial charge in [0.1, 0.15) is 31.4 Å². The Balaban J connectivity index is 0.859. The number of nitrogens with zero attached hydrogens (tertiary/aromatic N) is 4. The summed E-state index contributed by atoms with van der Waals surface area (Å²) >= 11 is 0. The van der Waals surface area contributed by atoms with Gasteiger partial charge in [0, 0.05) is 37.7 Å². The Kier molecular flexibility index (Phi) is 18.0. The van der Waals surface area contributed by atoms with Crippen molar-refractivity contribution in [2.45, 2.75) is 104 Å². The van der Waals surface area contributed by atoms with E-state index in [0.717, 1.165) is 28.9 Å². The SMILES string of the molecule is C=CCOC(=O)C[C@H](C(=O)N[C@@H](C)C(=O)Cc1ccc(COC(=O)N2c3cc(OCCCOc4cc5c(cc4OC)C(=O)N4C=C(c6ccc(F)cc6)C[C@H]4CN5C(=O)OCC=C)c(C)cc3C(=O)N3CC4(CC4)C[C@H]3C2O)cc1)C(C)C. The summed E-state index contributed by atoms with van der Waals surface area (Å²) < 4.78 is 48.5. The van der Waals surface area contributed by atoms with Crippen molar-refractivity contribution in [2.75, 3.05) is 56.4 Å². The second-order valence-electron chi connectivity index (χ2n) is 22.2. The molecule has 4 aromatic carbocycles. The lowest BCUT2D eigenvalue weighted by Gasteiger charge is -2.31. The summed E-state index contributed by atoms with van der Waals surface area (Å²) in [4.78, 5) is 101. The van der Waals surface area contributed by atoms with Gasteiger partial charge in [0.2, 0.25) is 5.91 Å². The Labute approximate surface area is 481 Å². The van der Waals surface area contributed by atoms with Gasteiger partial charge in [0.15, 0.2) is 23.5 Å². The molecule has 83 heavy (non-hydrogen) atoms. The standard InChI is InChI=1S/C63H70FN5O14/c1-8-21-81-56(71)29-46(37(3)4)57(72)65-39(6)52(70)26-40-11-13-41(14-12-40)35-83-62(77)69-50-31-53(38(5)25-47(50)59(74)68-36-63(19-20-63)32-51(68)60(69)75)79-23-10-24-80-55-30-49-48(28-54(55)78-7)58(73)66-33-43(42-15-17-44(64)18-16-42)27-45(66)34-67(49)61(76)82-22-9-2/h8-9,11-18,25,28,30-31,33,37,39,45-46,51,60,75H,1-2,10,19-24,26-27,29,32,34-36H2,3-7H3,(H,65,72)/t39-,45-,46-,51-,60?/m0/s1. The highest BCUT2D eigenvalue weighted by molar-refractivity contribution is 6.07. The summed E-state index contributed by atoms with van der Waals surface area (Å²) in [7, 11) is 1.44. The first kappa shape index (κ1) is 59.1. The molecule has 4 aromatic rings. The van der Waals surface area contributed by atoms with E-state index >= 15 is 0 Å². The largest absolute Gasteiger partial charge is 0.493 e. The molecule has 20 heteroatoms. The van der Waals surface area contributed by atoms with Crippen LogP contribution in [0.4, 0.5) is 25.4 Å². The van der Waals surface area contributed by atoms with Gasteiger partial charge in [-0.05, 0) is 103 Å². The van der Waals surface area contributed by atoms with Crippen LogP contribution in [0.1, 0.15) is 102 Å². The Morgan fingerprint density at radius 2 is 1.48 bits per heavy atom. The summed E-state index contributed by atoms with van der Waals surface area (Å²) in [6.07, 6.45) is 4.51. The number of Topliss-reactive ketones (excluding diaryl/α,β-unsaturated/α-hetero) is 1. The van der Waals surface area contributed by atoms with Crippen molar-refractivity contribution >= 4 is 58.6 Å². The van der Waals surface area contributed by atoms with Crippen molar-refractivity contribution in [1.29, 1.82) is 0 Å². The molecule has 438 valence electrons. The number of ether oxygens (including phenoxy) is 6. The van der Waals surface area contributed by atoms with Crippen LogP contribution in [0.3, 0.4) is 0 Å². The summed E-state index contributed by atoms with van der Waals surface area (Å²) in [5, 5.41) is 14.9. The zero-order chi connectivity index (χ0) is 59.3. The van der Waals surface area contributed by atoms with E-state index in [1.54, 1.807) is 84.4 Å². The molecule has 2 N–H and O–H groups in total. The van der Waals surface area contributed by atoms with E-state index in [2.05, 4.69) is 18.5 Å². The Morgan fingerprint density at radius 1 is 0.819 bits per heavy atom. The first-order valence-corrected chi connectivity index (χ1v) is 27.9. The number of carbonyl (C=O) groups excluding carboxylic acids is 7. The fraction of sp³-hybridized carbons (Fsp3) is 0.413. The molecule has 9 rings (SSSR count). The number of ketones is 1. The van der Waals surface area contributed by atoms with Crippen molar-refractivity contribution in [3.8, 4) is 17.2 Å². The van der Waals surface area contributed by atoms with E-state index in [4.69, 9.17) is 28.4 Å². The van der Waals surface area contributed by atoms with E-state index in [0.29, 0.717) is 48.2 Å². The van der Waals surface area contributed by atoms with Crippen molar-refractivity contribution < 1.29 is 71.5 Å². The fourth-order valence-corrected chi connectivity index (χ4v) is 11.1. The molecule has 5 atom stereocenters. The highest BCUT2D eigenvalue weighted by Crippen LogP contribution is 2.57. The van der Waals surface area contributed by atoms with Crippen LogP contribution in [0.25, 0.3) is 5.57 Å². The monoisotopic (exact) mass is 1140 g/mol. The van der Waals surface area contributed by atoms with Crippen molar-refractivity contribution in [3.63, 3.8) is 0 Å². The number of halogens is 1. The van der Waals surface area contributed by atoms with Gasteiger partial charge < -0.3 is 48.6 Å². The number of benzene rings is 4. The normalized spacial score (nSPS) is 19.0. The lowest BCUT2D eigenvalue weighted by molar-refractivity contribution is -0.146. The Morgan fingerprint density at radius 3 is 2.16 bits per heavy atom. The second-order valence-corrected chi connectivity index (χ2v) is 22.2. The third-order valence-corrected chi connectivity index (χ3v) is 16.0. The average Bonchev–Trinajstić information content (AvgIpc) is 1.95. The fourth-order valence-electron chi connectivity index (χ4n) is 11.1. The molecule has 5 amide bonds. The number of anilines is 2. The molecule has 1 saturated heterocycles. The van der Waals surface area contributed by atoms with Crippen molar-refractivity contribution in [3.05, 3.63) is 144 Å². The molecule has 5 aliphatic rings. The lowest BCUT2D eigenvalue weighted by Crippen LogP contribution is -2.50. The molecule has 1 aliphatic carbocycles. The number of fused-ring (bicyclic) bond motifs is 4. The third-order valence-electron chi connectivity index (χ3n) is 16.0. The molecule has 0 aromatic heterocycles. The molecule has 1 unspecified atom stereocenters. The van der Waals surface area contributed by atoms with Crippen LogP contribution >= 0.6 is 0 Å². The first-order valence-electron chi connectivity index (χ1n) is 27.9. The van der Waals surface area contributed by atoms with Crippen LogP contribution in [-0.2, 0) is 41.6 Å². The number of esters is 1. The molecule has 0 radical (unpaired) electrons. The smallest absolute Gasteiger partial charge is 0.416 e. The number of carbonyl (C=O) groups is 7. The minimum absolute atomic E-state index is 0.000206. The number of hydrogen-bond donors (Lipinski definition) is 2. The van der Waals surface area contributed by atoms with Gasteiger partial charge in [0.05, 0.1) is 79.8 Å². The molecule has 4 aliphatic heterocycles. The Hall–Kier alpha value is -8.52. The second kappa shape index (κ2) is 25.3. The molecule has 4 heterocycles. The van der Waals surface area contributed by atoms with Crippen LogP contribution in [0, 0.1) is 30.0 Å². The zero-order valence-corrected chi connectivity index (χ0v) is 47.4. The summed E-state index contributed by atoms with van der Waals surface area (Å²) in [5.74, 6) is -2.34. The van der Waals surface area contributed by atoms with Crippen LogP contribution in [0.15, 0.2) is 104 Å². The number of aliphatic hydroxyl groups is 1. The quantitative estimate of drug-likeness (QED) is 0.0325. The number of aryl methyl sites for hydroxylation is 1. The van der Waals surface area contributed by atoms with E-state index in [1.807, 2.05) is 13.8 Å². The van der Waals surface area contributed by atoms with Gasteiger partial charge in [-0.1, -0.05) is 75.6 Å². The predicted molar refractivity (Wildman–Crippen MR) is 304 cm³/mol. The van der Waals surface area contributed by atoms with Crippen LogP contribution in [0.5, 0.6) is 17.2 Å². The molecular weight excluding hydrogens is 1070 g/mol. The number of rotatable bonds is 22. The molecule has 1 spiro atoms. The number of nitrogens with one attached hydrogen (secondary N) is 1. The molecule has 2 fully saturated rings. The highest BCUT2D eigenvalue weighted by Gasteiger charge is 2.58. The maximum absolute atomic E-state index is 14.4. The molecule has 19 nitrogen and oxygen atoms in total. The number of methoxy groups -OCH3 is 1. The molecule has 1 saturated carbocycles. The minimum atomic E-state index is -1.45. The average molecular weight is 1140 g/mol.